The topological polar surface area (TPSA) is 84.1 Å². The molecule has 0 aliphatic heterocycles. The lowest BCUT2D eigenvalue weighted by atomic mass is 9.84. The van der Waals surface area contributed by atoms with Gasteiger partial charge in [-0.05, 0) is 42.5 Å². The standard InChI is InChI=1S/C23H31N3O3S/c1-15(2)21-19(13-16-7-5-4-6-8-16)25-23(26-22(21)28)30-14-20(27)24-17-9-11-18(29-3)12-10-17/h9-12,15-16H,4-8,13-14H2,1-3H3,(H,24,27)(H,25,26,28). The molecule has 1 amide bonds. The van der Waals surface area contributed by atoms with Gasteiger partial charge in [-0.3, -0.25) is 9.59 Å². The Kier molecular flexibility index (Phi) is 7.96. The number of nitrogens with zero attached hydrogens (tertiary/aromatic N) is 1. The maximum Gasteiger partial charge on any atom is 0.255 e. The number of carbonyl (C=O) groups excluding carboxylic acids is 1. The molecule has 1 saturated carbocycles. The molecule has 162 valence electrons. The van der Waals surface area contributed by atoms with Gasteiger partial charge in [0.25, 0.3) is 5.56 Å². The highest BCUT2D eigenvalue weighted by Gasteiger charge is 2.21. The number of carbonyl (C=O) groups is 1. The summed E-state index contributed by atoms with van der Waals surface area (Å²) in [5, 5.41) is 3.37. The summed E-state index contributed by atoms with van der Waals surface area (Å²) >= 11 is 1.26. The number of ether oxygens (including phenoxy) is 1. The van der Waals surface area contributed by atoms with Crippen LogP contribution in [0.3, 0.4) is 0 Å². The average Bonchev–Trinajstić information content (AvgIpc) is 2.73. The number of anilines is 1. The van der Waals surface area contributed by atoms with E-state index < -0.39 is 0 Å². The minimum atomic E-state index is -0.144. The Labute approximate surface area is 182 Å². The summed E-state index contributed by atoms with van der Waals surface area (Å²) in [5.74, 6) is 1.49. The molecule has 1 fully saturated rings. The van der Waals surface area contributed by atoms with Crippen LogP contribution in [0, 0.1) is 5.92 Å². The van der Waals surface area contributed by atoms with Crippen molar-refractivity contribution in [1.29, 1.82) is 0 Å². The fourth-order valence-electron chi connectivity index (χ4n) is 4.00. The molecular formula is C23H31N3O3S. The third kappa shape index (κ3) is 6.11. The van der Waals surface area contributed by atoms with E-state index in [1.807, 2.05) is 13.8 Å². The van der Waals surface area contributed by atoms with Gasteiger partial charge in [0.2, 0.25) is 5.91 Å². The van der Waals surface area contributed by atoms with Crippen molar-refractivity contribution in [3.05, 3.63) is 45.9 Å². The number of benzene rings is 1. The highest BCUT2D eigenvalue weighted by molar-refractivity contribution is 7.99. The van der Waals surface area contributed by atoms with Crippen LogP contribution in [0.4, 0.5) is 5.69 Å². The van der Waals surface area contributed by atoms with Gasteiger partial charge >= 0.3 is 0 Å². The number of hydrogen-bond acceptors (Lipinski definition) is 5. The molecule has 2 aromatic rings. The van der Waals surface area contributed by atoms with E-state index in [0.717, 1.165) is 23.4 Å². The number of aromatic amines is 1. The first-order valence-corrected chi connectivity index (χ1v) is 11.6. The number of H-pyrrole nitrogens is 1. The number of thioether (sulfide) groups is 1. The van der Waals surface area contributed by atoms with Gasteiger partial charge in [-0.25, -0.2) is 4.98 Å². The molecule has 1 aliphatic carbocycles. The monoisotopic (exact) mass is 429 g/mol. The summed E-state index contributed by atoms with van der Waals surface area (Å²) in [6.45, 7) is 4.07. The molecule has 0 saturated heterocycles. The van der Waals surface area contributed by atoms with E-state index in [1.54, 1.807) is 31.4 Å². The molecule has 0 radical (unpaired) electrons. The lowest BCUT2D eigenvalue weighted by Crippen LogP contribution is -2.23. The van der Waals surface area contributed by atoms with Crippen LogP contribution in [0.2, 0.25) is 0 Å². The van der Waals surface area contributed by atoms with Gasteiger partial charge in [0, 0.05) is 11.3 Å². The van der Waals surface area contributed by atoms with Crippen molar-refractivity contribution < 1.29 is 9.53 Å². The largest absolute Gasteiger partial charge is 0.497 e. The van der Waals surface area contributed by atoms with Crippen LogP contribution >= 0.6 is 11.8 Å². The van der Waals surface area contributed by atoms with Crippen molar-refractivity contribution in [2.45, 2.75) is 63.4 Å². The highest BCUT2D eigenvalue weighted by atomic mass is 32.2. The van der Waals surface area contributed by atoms with Gasteiger partial charge in [0.15, 0.2) is 5.16 Å². The van der Waals surface area contributed by atoms with Gasteiger partial charge < -0.3 is 15.0 Å². The van der Waals surface area contributed by atoms with Crippen LogP contribution in [-0.2, 0) is 11.2 Å². The Balaban J connectivity index is 1.67. The smallest absolute Gasteiger partial charge is 0.255 e. The zero-order valence-electron chi connectivity index (χ0n) is 18.0. The van der Waals surface area contributed by atoms with E-state index in [1.165, 1.54) is 43.9 Å². The summed E-state index contributed by atoms with van der Waals surface area (Å²) in [4.78, 5) is 32.7. The second kappa shape index (κ2) is 10.7. The number of amides is 1. The second-order valence-corrected chi connectivity index (χ2v) is 9.12. The zero-order chi connectivity index (χ0) is 21.5. The summed E-state index contributed by atoms with van der Waals surface area (Å²) in [6, 6.07) is 7.18. The SMILES string of the molecule is COc1ccc(NC(=O)CSc2nc(CC3CCCCC3)c(C(C)C)c(=O)[nH]2)cc1. The van der Waals surface area contributed by atoms with E-state index in [0.29, 0.717) is 16.8 Å². The molecule has 6 nitrogen and oxygen atoms in total. The molecule has 1 aliphatic rings. The van der Waals surface area contributed by atoms with Crippen molar-refractivity contribution in [1.82, 2.24) is 9.97 Å². The van der Waals surface area contributed by atoms with Gasteiger partial charge in [0.05, 0.1) is 18.6 Å². The van der Waals surface area contributed by atoms with Crippen LogP contribution in [-0.4, -0.2) is 28.7 Å². The molecule has 0 bridgehead atoms. The highest BCUT2D eigenvalue weighted by Crippen LogP contribution is 2.29. The molecule has 3 rings (SSSR count). The number of hydrogen-bond donors (Lipinski definition) is 2. The number of methoxy groups -OCH3 is 1. The van der Waals surface area contributed by atoms with E-state index in [4.69, 9.17) is 9.72 Å². The third-order valence-electron chi connectivity index (χ3n) is 5.51. The van der Waals surface area contributed by atoms with Crippen molar-refractivity contribution in [2.24, 2.45) is 5.92 Å². The predicted octanol–water partition coefficient (Wildman–Crippen LogP) is 4.76. The average molecular weight is 430 g/mol. The van der Waals surface area contributed by atoms with Crippen LogP contribution in [0.25, 0.3) is 0 Å². The first kappa shape index (κ1) is 22.4. The first-order valence-electron chi connectivity index (χ1n) is 10.7. The van der Waals surface area contributed by atoms with Crippen LogP contribution < -0.4 is 15.6 Å². The van der Waals surface area contributed by atoms with E-state index in [2.05, 4.69) is 10.3 Å². The van der Waals surface area contributed by atoms with Crippen molar-refractivity contribution in [3.63, 3.8) is 0 Å². The maximum absolute atomic E-state index is 12.7. The Hall–Kier alpha value is -2.28. The lowest BCUT2D eigenvalue weighted by Gasteiger charge is -2.22. The number of aromatic nitrogens is 2. The Bertz CT molecular complexity index is 903. The summed E-state index contributed by atoms with van der Waals surface area (Å²) in [7, 11) is 1.60. The quantitative estimate of drug-likeness (QED) is 0.467. The van der Waals surface area contributed by atoms with Crippen molar-refractivity contribution >= 4 is 23.4 Å². The van der Waals surface area contributed by atoms with Gasteiger partial charge in [-0.2, -0.15) is 0 Å². The number of rotatable bonds is 8. The van der Waals surface area contributed by atoms with Crippen LogP contribution in [0.1, 0.15) is 63.1 Å². The molecule has 1 aromatic carbocycles. The minimum Gasteiger partial charge on any atom is -0.497 e. The van der Waals surface area contributed by atoms with E-state index in [-0.39, 0.29) is 23.1 Å². The summed E-state index contributed by atoms with van der Waals surface area (Å²) in [6.07, 6.45) is 7.09. The molecule has 0 atom stereocenters. The molecular weight excluding hydrogens is 398 g/mol. The Morgan fingerprint density at radius 3 is 2.57 bits per heavy atom. The Morgan fingerprint density at radius 1 is 1.23 bits per heavy atom. The summed E-state index contributed by atoms with van der Waals surface area (Å²) < 4.78 is 5.12. The molecule has 1 aromatic heterocycles. The molecule has 0 unspecified atom stereocenters. The molecule has 0 spiro atoms. The number of nitrogens with one attached hydrogen (secondary N) is 2. The predicted molar refractivity (Wildman–Crippen MR) is 122 cm³/mol. The van der Waals surface area contributed by atoms with Gasteiger partial charge in [-0.1, -0.05) is 57.7 Å². The molecule has 2 N–H and O–H groups in total. The zero-order valence-corrected chi connectivity index (χ0v) is 18.8. The van der Waals surface area contributed by atoms with Crippen molar-refractivity contribution in [3.8, 4) is 5.75 Å². The molecule has 7 heteroatoms. The Morgan fingerprint density at radius 2 is 1.93 bits per heavy atom. The van der Waals surface area contributed by atoms with Gasteiger partial charge in [0.1, 0.15) is 5.75 Å². The summed E-state index contributed by atoms with van der Waals surface area (Å²) in [5.41, 5.74) is 2.31. The minimum absolute atomic E-state index is 0.0797. The fraction of sp³-hybridized carbons (Fsp3) is 0.522. The third-order valence-corrected chi connectivity index (χ3v) is 6.38. The molecule has 1 heterocycles. The maximum atomic E-state index is 12.7. The van der Waals surface area contributed by atoms with Crippen LogP contribution in [0.15, 0.2) is 34.2 Å². The van der Waals surface area contributed by atoms with E-state index in [9.17, 15) is 9.59 Å². The van der Waals surface area contributed by atoms with E-state index >= 15 is 0 Å². The first-order chi connectivity index (χ1) is 14.5. The lowest BCUT2D eigenvalue weighted by molar-refractivity contribution is -0.113. The normalized spacial score (nSPS) is 14.7. The fourth-order valence-corrected chi connectivity index (χ4v) is 4.68. The molecule has 30 heavy (non-hydrogen) atoms. The second-order valence-electron chi connectivity index (χ2n) is 8.16. The van der Waals surface area contributed by atoms with Crippen molar-refractivity contribution in [2.75, 3.05) is 18.2 Å². The van der Waals surface area contributed by atoms with Gasteiger partial charge in [-0.15, -0.1) is 0 Å². The van der Waals surface area contributed by atoms with Crippen LogP contribution in [0.5, 0.6) is 5.75 Å².